The van der Waals surface area contributed by atoms with Gasteiger partial charge in [-0.05, 0) is 44.1 Å². The first kappa shape index (κ1) is 17.0. The molecule has 1 atom stereocenters. The van der Waals surface area contributed by atoms with Gasteiger partial charge in [0.05, 0.1) is 7.11 Å². The van der Waals surface area contributed by atoms with Gasteiger partial charge in [0.15, 0.2) is 0 Å². The molecule has 0 aliphatic carbocycles. The number of rotatable bonds is 10. The Labute approximate surface area is 122 Å². The van der Waals surface area contributed by atoms with Crippen LogP contribution in [0, 0.1) is 0 Å². The Morgan fingerprint density at radius 1 is 1.40 bits per heavy atom. The summed E-state index contributed by atoms with van der Waals surface area (Å²) >= 11 is 0. The molecule has 1 rings (SSSR count). The molecule has 4 nitrogen and oxygen atoms in total. The molecular weight excluding hydrogens is 252 g/mol. The van der Waals surface area contributed by atoms with Gasteiger partial charge in [0.25, 0.3) is 0 Å². The van der Waals surface area contributed by atoms with Crippen molar-refractivity contribution in [1.29, 1.82) is 0 Å². The van der Waals surface area contributed by atoms with Gasteiger partial charge in [-0.2, -0.15) is 0 Å². The maximum absolute atomic E-state index is 9.13. The van der Waals surface area contributed by atoms with Crippen molar-refractivity contribution in [2.75, 3.05) is 33.9 Å². The number of hydrogen-bond acceptors (Lipinski definition) is 4. The second-order valence-corrected chi connectivity index (χ2v) is 5.21. The van der Waals surface area contributed by atoms with Crippen molar-refractivity contribution in [3.8, 4) is 5.75 Å². The van der Waals surface area contributed by atoms with Gasteiger partial charge in [-0.1, -0.05) is 19.1 Å². The summed E-state index contributed by atoms with van der Waals surface area (Å²) in [6.45, 7) is 5.19. The average Bonchev–Trinajstić information content (AvgIpc) is 2.45. The summed E-state index contributed by atoms with van der Waals surface area (Å²) in [6, 6.07) is 8.50. The quantitative estimate of drug-likeness (QED) is 0.687. The van der Waals surface area contributed by atoms with Crippen LogP contribution in [0.2, 0.25) is 0 Å². The lowest BCUT2D eigenvalue weighted by Gasteiger charge is -2.24. The Hall–Kier alpha value is -1.10. The molecule has 0 aliphatic heterocycles. The van der Waals surface area contributed by atoms with E-state index in [0.717, 1.165) is 38.2 Å². The van der Waals surface area contributed by atoms with E-state index in [-0.39, 0.29) is 6.61 Å². The lowest BCUT2D eigenvalue weighted by molar-refractivity contribution is 0.225. The second-order valence-electron chi connectivity index (χ2n) is 5.21. The zero-order valence-electron chi connectivity index (χ0n) is 12.9. The van der Waals surface area contributed by atoms with Gasteiger partial charge in [-0.25, -0.2) is 0 Å². The molecule has 2 N–H and O–H groups in total. The summed E-state index contributed by atoms with van der Waals surface area (Å²) in [6.07, 6.45) is 1.91. The molecule has 0 aliphatic rings. The summed E-state index contributed by atoms with van der Waals surface area (Å²) in [4.78, 5) is 2.28. The Morgan fingerprint density at radius 3 is 2.85 bits per heavy atom. The van der Waals surface area contributed by atoms with Crippen LogP contribution in [0.1, 0.15) is 25.3 Å². The predicted molar refractivity (Wildman–Crippen MR) is 83.1 cm³/mol. The van der Waals surface area contributed by atoms with Gasteiger partial charge < -0.3 is 20.1 Å². The molecule has 0 spiro atoms. The van der Waals surface area contributed by atoms with Gasteiger partial charge in [-0.15, -0.1) is 0 Å². The molecule has 0 fully saturated rings. The zero-order chi connectivity index (χ0) is 14.8. The number of aliphatic hydroxyl groups excluding tert-OH is 1. The number of nitrogens with one attached hydrogen (secondary N) is 1. The fraction of sp³-hybridized carbons (Fsp3) is 0.625. The largest absolute Gasteiger partial charge is 0.497 e. The van der Waals surface area contributed by atoms with E-state index in [4.69, 9.17) is 9.84 Å². The highest BCUT2D eigenvalue weighted by Gasteiger charge is 2.11. The van der Waals surface area contributed by atoms with E-state index in [1.165, 1.54) is 5.56 Å². The van der Waals surface area contributed by atoms with E-state index in [1.54, 1.807) is 7.11 Å². The second kappa shape index (κ2) is 9.75. The Balaban J connectivity index is 2.48. The third-order valence-electron chi connectivity index (χ3n) is 3.28. The first-order valence-electron chi connectivity index (χ1n) is 7.35. The summed E-state index contributed by atoms with van der Waals surface area (Å²) in [5, 5.41) is 12.6. The van der Waals surface area contributed by atoms with Crippen molar-refractivity contribution >= 4 is 0 Å². The predicted octanol–water partition coefficient (Wildman–Crippen LogP) is 1.88. The van der Waals surface area contributed by atoms with Crippen molar-refractivity contribution < 1.29 is 9.84 Å². The fourth-order valence-electron chi connectivity index (χ4n) is 2.29. The fourth-order valence-corrected chi connectivity index (χ4v) is 2.29. The number of methoxy groups -OCH3 is 1. The number of hydrogen-bond donors (Lipinski definition) is 2. The Kier molecular flexibility index (Phi) is 8.26. The van der Waals surface area contributed by atoms with Crippen LogP contribution in [0.5, 0.6) is 5.75 Å². The smallest absolute Gasteiger partial charge is 0.119 e. The lowest BCUT2D eigenvalue weighted by atomic mass is 10.1. The minimum Gasteiger partial charge on any atom is -0.497 e. The molecule has 0 saturated heterocycles. The monoisotopic (exact) mass is 280 g/mol. The maximum atomic E-state index is 9.13. The molecule has 1 aromatic rings. The van der Waals surface area contributed by atoms with Crippen LogP contribution >= 0.6 is 0 Å². The number of aliphatic hydroxyl groups is 1. The van der Waals surface area contributed by atoms with Gasteiger partial charge in [0, 0.05) is 25.7 Å². The van der Waals surface area contributed by atoms with Gasteiger partial charge in [0.2, 0.25) is 0 Å². The van der Waals surface area contributed by atoms with Crippen molar-refractivity contribution in [3.05, 3.63) is 29.8 Å². The number of nitrogens with zero attached hydrogens (tertiary/aromatic N) is 1. The Bertz CT molecular complexity index is 371. The van der Waals surface area contributed by atoms with Crippen LogP contribution in [0.3, 0.4) is 0 Å². The van der Waals surface area contributed by atoms with E-state index >= 15 is 0 Å². The number of benzene rings is 1. The van der Waals surface area contributed by atoms with Crippen LogP contribution in [0.25, 0.3) is 0 Å². The molecule has 4 heteroatoms. The molecule has 1 unspecified atom stereocenters. The molecule has 0 bridgehead atoms. The van der Waals surface area contributed by atoms with Gasteiger partial charge >= 0.3 is 0 Å². The number of ether oxygens (including phenoxy) is 1. The summed E-state index contributed by atoms with van der Waals surface area (Å²) in [5.41, 5.74) is 1.24. The van der Waals surface area contributed by atoms with Crippen LogP contribution < -0.4 is 10.1 Å². The third kappa shape index (κ3) is 6.37. The molecule has 1 aromatic carbocycles. The van der Waals surface area contributed by atoms with Crippen molar-refractivity contribution in [1.82, 2.24) is 10.2 Å². The molecule has 0 saturated carbocycles. The first-order valence-corrected chi connectivity index (χ1v) is 7.35. The molecule has 0 heterocycles. The highest BCUT2D eigenvalue weighted by molar-refractivity contribution is 5.28. The third-order valence-corrected chi connectivity index (χ3v) is 3.28. The van der Waals surface area contributed by atoms with Crippen LogP contribution in [-0.4, -0.2) is 49.9 Å². The number of likely N-dealkylation sites (N-methyl/N-ethyl adjacent to an activating group) is 1. The lowest BCUT2D eigenvalue weighted by Crippen LogP contribution is -2.40. The van der Waals surface area contributed by atoms with E-state index in [9.17, 15) is 0 Å². The molecule has 0 radical (unpaired) electrons. The molecular formula is C16H28N2O2. The zero-order valence-corrected chi connectivity index (χ0v) is 12.9. The topological polar surface area (TPSA) is 44.7 Å². The van der Waals surface area contributed by atoms with E-state index < -0.39 is 0 Å². The minimum absolute atomic E-state index is 0.231. The van der Waals surface area contributed by atoms with Crippen LogP contribution in [0.4, 0.5) is 0 Å². The van der Waals surface area contributed by atoms with Gasteiger partial charge in [-0.3, -0.25) is 0 Å². The average molecular weight is 280 g/mol. The van der Waals surface area contributed by atoms with Crippen molar-refractivity contribution in [3.63, 3.8) is 0 Å². The van der Waals surface area contributed by atoms with Crippen LogP contribution in [0.15, 0.2) is 24.3 Å². The van der Waals surface area contributed by atoms with Crippen molar-refractivity contribution in [2.24, 2.45) is 0 Å². The normalized spacial score (nSPS) is 12.7. The summed E-state index contributed by atoms with van der Waals surface area (Å²) in [7, 11) is 3.80. The van der Waals surface area contributed by atoms with Gasteiger partial charge in [0.1, 0.15) is 5.75 Å². The SMILES string of the molecule is CCCNC(CCO)CN(C)Cc1cccc(OC)c1. The standard InChI is InChI=1S/C16H28N2O2/c1-4-9-17-15(8-10-19)13-18(2)12-14-6-5-7-16(11-14)20-3/h5-7,11,15,17,19H,4,8-10,12-13H2,1-3H3. The van der Waals surface area contributed by atoms with E-state index in [0.29, 0.717) is 6.04 Å². The molecule has 20 heavy (non-hydrogen) atoms. The molecule has 0 aromatic heterocycles. The highest BCUT2D eigenvalue weighted by atomic mass is 16.5. The molecule has 0 amide bonds. The minimum atomic E-state index is 0.231. The van der Waals surface area contributed by atoms with Crippen molar-refractivity contribution in [2.45, 2.75) is 32.4 Å². The maximum Gasteiger partial charge on any atom is 0.119 e. The highest BCUT2D eigenvalue weighted by Crippen LogP contribution is 2.14. The van der Waals surface area contributed by atoms with E-state index in [2.05, 4.69) is 36.3 Å². The van der Waals surface area contributed by atoms with Crippen LogP contribution in [-0.2, 0) is 6.54 Å². The van der Waals surface area contributed by atoms with E-state index in [1.807, 2.05) is 12.1 Å². The summed E-state index contributed by atoms with van der Waals surface area (Å²) < 4.78 is 5.25. The molecule has 114 valence electrons. The summed E-state index contributed by atoms with van der Waals surface area (Å²) in [5.74, 6) is 0.895. The first-order chi connectivity index (χ1) is 9.69. The Morgan fingerprint density at radius 2 is 2.20 bits per heavy atom.